The fourth-order valence-electron chi connectivity index (χ4n) is 1.14. The second-order valence-electron chi connectivity index (χ2n) is 3.51. The van der Waals surface area contributed by atoms with Crippen LogP contribution in [0.5, 0.6) is 5.75 Å². The van der Waals surface area contributed by atoms with Crippen molar-refractivity contribution in [2.75, 3.05) is 19.5 Å². The van der Waals surface area contributed by atoms with Crippen molar-refractivity contribution in [3.8, 4) is 5.75 Å². The molecule has 0 aromatic heterocycles. The summed E-state index contributed by atoms with van der Waals surface area (Å²) in [5.74, 6) is 0.665. The van der Waals surface area contributed by atoms with Crippen molar-refractivity contribution in [1.82, 2.24) is 0 Å². The van der Waals surface area contributed by atoms with E-state index in [2.05, 4.69) is 0 Å². The van der Waals surface area contributed by atoms with Crippen LogP contribution in [0.1, 0.15) is 0 Å². The van der Waals surface area contributed by atoms with Gasteiger partial charge in [0.1, 0.15) is 18.5 Å². The number of benzene rings is 1. The molecular weight excluding hydrogens is 216 g/mol. The van der Waals surface area contributed by atoms with E-state index in [0.29, 0.717) is 17.3 Å². The maximum Gasteiger partial charge on any atom is 0.175 e. The van der Waals surface area contributed by atoms with Crippen molar-refractivity contribution >= 4 is 9.84 Å². The first-order chi connectivity index (χ1) is 7.05. The zero-order valence-corrected chi connectivity index (χ0v) is 9.16. The van der Waals surface area contributed by atoms with Crippen LogP contribution in [0.3, 0.4) is 0 Å². The summed E-state index contributed by atoms with van der Waals surface area (Å²) in [6.45, 7) is 1.28. The highest BCUT2D eigenvalue weighted by Crippen LogP contribution is 2.17. The van der Waals surface area contributed by atoms with E-state index in [9.17, 15) is 8.42 Å². The molecule has 1 saturated heterocycles. The molecule has 82 valence electrons. The Morgan fingerprint density at radius 1 is 1.40 bits per heavy atom. The Kier molecular flexibility index (Phi) is 2.67. The van der Waals surface area contributed by atoms with Crippen LogP contribution < -0.4 is 4.74 Å². The van der Waals surface area contributed by atoms with Gasteiger partial charge < -0.3 is 9.47 Å². The van der Waals surface area contributed by atoms with Gasteiger partial charge in [0, 0.05) is 6.26 Å². The number of epoxide rings is 1. The first-order valence-electron chi connectivity index (χ1n) is 4.60. The second kappa shape index (κ2) is 3.83. The zero-order valence-electron chi connectivity index (χ0n) is 8.34. The molecular formula is C10H12O4S. The molecule has 0 saturated carbocycles. The largest absolute Gasteiger partial charge is 0.491 e. The van der Waals surface area contributed by atoms with E-state index in [0.717, 1.165) is 6.61 Å². The van der Waals surface area contributed by atoms with Crippen LogP contribution in [0.15, 0.2) is 29.2 Å². The highest BCUT2D eigenvalue weighted by atomic mass is 32.2. The first kappa shape index (κ1) is 10.4. The van der Waals surface area contributed by atoms with Crippen molar-refractivity contribution in [3.63, 3.8) is 0 Å². The Hall–Kier alpha value is -1.07. The summed E-state index contributed by atoms with van der Waals surface area (Å²) in [4.78, 5) is 0.303. The van der Waals surface area contributed by atoms with Gasteiger partial charge in [-0.05, 0) is 24.3 Å². The summed E-state index contributed by atoms with van der Waals surface area (Å²) < 4.78 is 32.7. The van der Waals surface area contributed by atoms with E-state index in [1.54, 1.807) is 24.3 Å². The topological polar surface area (TPSA) is 55.9 Å². The van der Waals surface area contributed by atoms with Crippen LogP contribution in [0.2, 0.25) is 0 Å². The molecule has 1 unspecified atom stereocenters. The minimum Gasteiger partial charge on any atom is -0.491 e. The third kappa shape index (κ3) is 2.94. The van der Waals surface area contributed by atoms with Crippen LogP contribution >= 0.6 is 0 Å². The molecule has 0 bridgehead atoms. The molecule has 5 heteroatoms. The van der Waals surface area contributed by atoms with Gasteiger partial charge in [0.25, 0.3) is 0 Å². The van der Waals surface area contributed by atoms with Gasteiger partial charge >= 0.3 is 0 Å². The molecule has 0 spiro atoms. The standard InChI is InChI=1S/C10H12O4S/c1-15(11,12)10-4-2-8(3-5-10)13-6-9-7-14-9/h2-5,9H,6-7H2,1H3. The summed E-state index contributed by atoms with van der Waals surface area (Å²) in [6, 6.07) is 6.38. The molecule has 15 heavy (non-hydrogen) atoms. The predicted octanol–water partition coefficient (Wildman–Crippen LogP) is 0.868. The van der Waals surface area contributed by atoms with Crippen molar-refractivity contribution in [3.05, 3.63) is 24.3 Å². The molecule has 2 rings (SSSR count). The molecule has 1 aliphatic rings. The van der Waals surface area contributed by atoms with Gasteiger partial charge in [-0.15, -0.1) is 0 Å². The number of hydrogen-bond acceptors (Lipinski definition) is 4. The monoisotopic (exact) mass is 228 g/mol. The minimum atomic E-state index is -3.12. The Morgan fingerprint density at radius 2 is 2.00 bits per heavy atom. The Bertz CT molecular complexity index is 431. The van der Waals surface area contributed by atoms with Gasteiger partial charge in [-0.1, -0.05) is 0 Å². The molecule has 0 amide bonds. The lowest BCUT2D eigenvalue weighted by Gasteiger charge is -2.04. The molecule has 1 aromatic carbocycles. The minimum absolute atomic E-state index is 0.208. The summed E-state index contributed by atoms with van der Waals surface area (Å²) in [7, 11) is -3.12. The maximum atomic E-state index is 11.2. The van der Waals surface area contributed by atoms with Gasteiger partial charge in [-0.3, -0.25) is 0 Å². The molecule has 1 atom stereocenters. The fourth-order valence-corrected chi connectivity index (χ4v) is 1.77. The maximum absolute atomic E-state index is 11.2. The smallest absolute Gasteiger partial charge is 0.175 e. The average Bonchev–Trinajstić information content (AvgIpc) is 2.97. The first-order valence-corrected chi connectivity index (χ1v) is 6.49. The van der Waals surface area contributed by atoms with Crippen molar-refractivity contribution in [2.24, 2.45) is 0 Å². The van der Waals surface area contributed by atoms with E-state index in [1.165, 1.54) is 6.26 Å². The number of sulfone groups is 1. The third-order valence-electron chi connectivity index (χ3n) is 2.09. The highest BCUT2D eigenvalue weighted by molar-refractivity contribution is 7.90. The van der Waals surface area contributed by atoms with Crippen molar-refractivity contribution < 1.29 is 17.9 Å². The summed E-state index contributed by atoms with van der Waals surface area (Å²) in [5, 5.41) is 0. The Balaban J connectivity index is 2.02. The molecule has 1 fully saturated rings. The van der Waals surface area contributed by atoms with Crippen LogP contribution in [0.25, 0.3) is 0 Å². The number of hydrogen-bond donors (Lipinski definition) is 0. The molecule has 1 aliphatic heterocycles. The Labute approximate surface area is 88.7 Å². The fraction of sp³-hybridized carbons (Fsp3) is 0.400. The van der Waals surface area contributed by atoms with Gasteiger partial charge in [0.2, 0.25) is 0 Å². The Morgan fingerprint density at radius 3 is 2.47 bits per heavy atom. The van der Waals surface area contributed by atoms with Crippen LogP contribution in [0, 0.1) is 0 Å². The van der Waals surface area contributed by atoms with E-state index in [4.69, 9.17) is 9.47 Å². The van der Waals surface area contributed by atoms with Gasteiger partial charge in [0.05, 0.1) is 11.5 Å². The van der Waals surface area contributed by atoms with Gasteiger partial charge in [-0.2, -0.15) is 0 Å². The quantitative estimate of drug-likeness (QED) is 0.717. The molecule has 1 aromatic rings. The predicted molar refractivity (Wildman–Crippen MR) is 54.8 cm³/mol. The SMILES string of the molecule is CS(=O)(=O)c1ccc(OCC2CO2)cc1. The lowest BCUT2D eigenvalue weighted by Crippen LogP contribution is -2.04. The summed E-state index contributed by atoms with van der Waals surface area (Å²) in [6.07, 6.45) is 1.39. The zero-order chi connectivity index (χ0) is 10.9. The van der Waals surface area contributed by atoms with Gasteiger partial charge in [-0.25, -0.2) is 8.42 Å². The van der Waals surface area contributed by atoms with E-state index in [-0.39, 0.29) is 6.10 Å². The normalized spacial score (nSPS) is 19.9. The summed E-state index contributed by atoms with van der Waals surface area (Å²) in [5.41, 5.74) is 0. The van der Waals surface area contributed by atoms with Crippen molar-refractivity contribution in [1.29, 1.82) is 0 Å². The molecule has 0 N–H and O–H groups in total. The lowest BCUT2D eigenvalue weighted by molar-refractivity contribution is 0.263. The van der Waals surface area contributed by atoms with Crippen LogP contribution in [0.4, 0.5) is 0 Å². The molecule has 4 nitrogen and oxygen atoms in total. The third-order valence-corrected chi connectivity index (χ3v) is 3.22. The molecule has 0 aliphatic carbocycles. The van der Waals surface area contributed by atoms with Crippen LogP contribution in [-0.4, -0.2) is 34.0 Å². The van der Waals surface area contributed by atoms with E-state index >= 15 is 0 Å². The van der Waals surface area contributed by atoms with E-state index in [1.807, 2.05) is 0 Å². The van der Waals surface area contributed by atoms with E-state index < -0.39 is 9.84 Å². The molecule has 1 heterocycles. The summed E-state index contributed by atoms with van der Waals surface area (Å²) >= 11 is 0. The number of ether oxygens (including phenoxy) is 2. The average molecular weight is 228 g/mol. The number of rotatable bonds is 4. The molecule has 0 radical (unpaired) electrons. The van der Waals surface area contributed by atoms with Gasteiger partial charge in [0.15, 0.2) is 9.84 Å². The van der Waals surface area contributed by atoms with Crippen LogP contribution in [-0.2, 0) is 14.6 Å². The lowest BCUT2D eigenvalue weighted by atomic mass is 10.3. The van der Waals surface area contributed by atoms with Crippen molar-refractivity contribution in [2.45, 2.75) is 11.0 Å². The second-order valence-corrected chi connectivity index (χ2v) is 5.53. The highest BCUT2D eigenvalue weighted by Gasteiger charge is 2.23.